The molecule has 3 aromatic rings. The fourth-order valence-electron chi connectivity index (χ4n) is 2.58. The van der Waals surface area contributed by atoms with Crippen molar-refractivity contribution in [2.45, 2.75) is 26.6 Å². The molecule has 136 valence electrons. The minimum absolute atomic E-state index is 0.218. The summed E-state index contributed by atoms with van der Waals surface area (Å²) >= 11 is 0. The van der Waals surface area contributed by atoms with E-state index in [9.17, 15) is 4.79 Å². The molecule has 3 rings (SSSR count). The highest BCUT2D eigenvalue weighted by atomic mass is 16.5. The minimum Gasteiger partial charge on any atom is -0.424 e. The lowest BCUT2D eigenvalue weighted by molar-refractivity contribution is 0.0762. The summed E-state index contributed by atoms with van der Waals surface area (Å²) in [7, 11) is 3.64. The lowest BCUT2D eigenvalue weighted by Crippen LogP contribution is -2.26. The molecule has 0 saturated carbocycles. The second-order valence-corrected chi connectivity index (χ2v) is 6.21. The summed E-state index contributed by atoms with van der Waals surface area (Å²) in [6, 6.07) is 11.8. The predicted octanol–water partition coefficient (Wildman–Crippen LogP) is 2.27. The van der Waals surface area contributed by atoms with Gasteiger partial charge in [0.1, 0.15) is 0 Å². The van der Waals surface area contributed by atoms with Crippen LogP contribution in [0.2, 0.25) is 0 Å². The quantitative estimate of drug-likeness (QED) is 0.642. The molecule has 0 aliphatic carbocycles. The van der Waals surface area contributed by atoms with Gasteiger partial charge >= 0.3 is 0 Å². The van der Waals surface area contributed by atoms with Crippen molar-refractivity contribution in [2.75, 3.05) is 14.1 Å². The molecule has 0 spiro atoms. The first kappa shape index (κ1) is 17.8. The van der Waals surface area contributed by atoms with Gasteiger partial charge in [-0.3, -0.25) is 9.69 Å². The molecule has 0 bridgehead atoms. The molecule has 0 N–H and O–H groups in total. The van der Waals surface area contributed by atoms with Crippen molar-refractivity contribution < 1.29 is 13.7 Å². The number of nitrogens with zero attached hydrogens (tertiary/aromatic N) is 5. The van der Waals surface area contributed by atoms with Crippen molar-refractivity contribution >= 4 is 5.91 Å². The Kier molecular flexibility index (Phi) is 5.43. The summed E-state index contributed by atoms with van der Waals surface area (Å²) in [5.41, 5.74) is 1.47. The molecule has 1 aromatic carbocycles. The number of aromatic nitrogens is 3. The summed E-state index contributed by atoms with van der Waals surface area (Å²) in [5.74, 6) is 1.21. The fourth-order valence-corrected chi connectivity index (χ4v) is 2.58. The molecule has 0 unspecified atom stereocenters. The van der Waals surface area contributed by atoms with Gasteiger partial charge in [-0.1, -0.05) is 35.5 Å². The average molecular weight is 355 g/mol. The smallest absolute Gasteiger partial charge is 0.276 e. The number of hydrogen-bond donors (Lipinski definition) is 0. The SMILES string of the molecule is Cc1nnc(CN(C)C(=O)c2cc(CN(C)Cc3ccccc3)on2)o1. The normalized spacial score (nSPS) is 11.1. The number of benzene rings is 1. The Hall–Kier alpha value is -3.00. The van der Waals surface area contributed by atoms with E-state index in [0.29, 0.717) is 24.1 Å². The lowest BCUT2D eigenvalue weighted by Gasteiger charge is -2.14. The highest BCUT2D eigenvalue weighted by Gasteiger charge is 2.19. The largest absolute Gasteiger partial charge is 0.424 e. The maximum Gasteiger partial charge on any atom is 0.276 e. The zero-order valence-corrected chi connectivity index (χ0v) is 15.0. The highest BCUT2D eigenvalue weighted by Crippen LogP contribution is 2.12. The first-order chi connectivity index (χ1) is 12.5. The molecule has 0 atom stereocenters. The van der Waals surface area contributed by atoms with Crippen molar-refractivity contribution in [1.29, 1.82) is 0 Å². The summed E-state index contributed by atoms with van der Waals surface area (Å²) in [4.78, 5) is 16.0. The number of rotatable bonds is 7. The van der Waals surface area contributed by atoms with E-state index in [1.165, 1.54) is 10.5 Å². The average Bonchev–Trinajstić information content (AvgIpc) is 3.24. The van der Waals surface area contributed by atoms with Gasteiger partial charge in [0.2, 0.25) is 11.8 Å². The van der Waals surface area contributed by atoms with Gasteiger partial charge in [0.05, 0.1) is 13.1 Å². The van der Waals surface area contributed by atoms with Gasteiger partial charge in [0.25, 0.3) is 5.91 Å². The van der Waals surface area contributed by atoms with E-state index in [1.807, 2.05) is 25.2 Å². The van der Waals surface area contributed by atoms with Crippen molar-refractivity contribution in [3.8, 4) is 0 Å². The molecule has 0 saturated heterocycles. The number of carbonyl (C=O) groups is 1. The van der Waals surface area contributed by atoms with Crippen LogP contribution in [0.25, 0.3) is 0 Å². The molecule has 0 aliphatic rings. The molecule has 8 heteroatoms. The molecule has 0 fully saturated rings. The molecule has 0 radical (unpaired) electrons. The van der Waals surface area contributed by atoms with Crippen molar-refractivity contribution in [1.82, 2.24) is 25.2 Å². The third-order valence-corrected chi connectivity index (χ3v) is 3.79. The number of hydrogen-bond acceptors (Lipinski definition) is 7. The van der Waals surface area contributed by atoms with Crippen LogP contribution in [-0.2, 0) is 19.6 Å². The molecular weight excluding hydrogens is 334 g/mol. The molecule has 8 nitrogen and oxygen atoms in total. The lowest BCUT2D eigenvalue weighted by atomic mass is 10.2. The first-order valence-electron chi connectivity index (χ1n) is 8.24. The summed E-state index contributed by atoms with van der Waals surface area (Å²) in [6.45, 7) is 3.26. The zero-order chi connectivity index (χ0) is 18.5. The van der Waals surface area contributed by atoms with Crippen molar-refractivity contribution in [2.24, 2.45) is 0 Å². The molecule has 2 heterocycles. The monoisotopic (exact) mass is 355 g/mol. The van der Waals surface area contributed by atoms with Crippen LogP contribution in [0.1, 0.15) is 33.6 Å². The number of amides is 1. The van der Waals surface area contributed by atoms with Gasteiger partial charge in [0.15, 0.2) is 11.5 Å². The van der Waals surface area contributed by atoms with Crippen LogP contribution in [0.15, 0.2) is 45.3 Å². The summed E-state index contributed by atoms with van der Waals surface area (Å²) in [5, 5.41) is 11.5. The van der Waals surface area contributed by atoms with E-state index < -0.39 is 0 Å². The van der Waals surface area contributed by atoms with Crippen molar-refractivity contribution in [3.63, 3.8) is 0 Å². The second kappa shape index (κ2) is 7.92. The van der Waals surface area contributed by atoms with E-state index in [1.54, 1.807) is 20.0 Å². The molecule has 2 aromatic heterocycles. The van der Waals surface area contributed by atoms with Crippen LogP contribution in [-0.4, -0.2) is 45.2 Å². The maximum atomic E-state index is 12.4. The fraction of sp³-hybridized carbons (Fsp3) is 0.333. The Morgan fingerprint density at radius 3 is 2.54 bits per heavy atom. The van der Waals surface area contributed by atoms with Crippen LogP contribution < -0.4 is 0 Å². The van der Waals surface area contributed by atoms with Crippen LogP contribution in [0.3, 0.4) is 0 Å². The molecular formula is C18H21N5O3. The van der Waals surface area contributed by atoms with Crippen LogP contribution in [0.4, 0.5) is 0 Å². The third kappa shape index (κ3) is 4.54. The Bertz CT molecular complexity index is 859. The summed E-state index contributed by atoms with van der Waals surface area (Å²) < 4.78 is 10.6. The van der Waals surface area contributed by atoms with E-state index in [-0.39, 0.29) is 18.1 Å². The second-order valence-electron chi connectivity index (χ2n) is 6.21. The van der Waals surface area contributed by atoms with Crippen LogP contribution in [0.5, 0.6) is 0 Å². The number of aryl methyl sites for hydroxylation is 1. The molecule has 26 heavy (non-hydrogen) atoms. The van der Waals surface area contributed by atoms with Crippen LogP contribution in [0, 0.1) is 6.92 Å². The van der Waals surface area contributed by atoms with E-state index in [0.717, 1.165) is 6.54 Å². The Balaban J connectivity index is 1.57. The van der Waals surface area contributed by atoms with Gasteiger partial charge < -0.3 is 13.8 Å². The van der Waals surface area contributed by atoms with Crippen molar-refractivity contribution in [3.05, 3.63) is 65.2 Å². The molecule has 0 aliphatic heterocycles. The van der Waals surface area contributed by atoms with Gasteiger partial charge in [-0.05, 0) is 12.6 Å². The van der Waals surface area contributed by atoms with Gasteiger partial charge in [0, 0.05) is 26.6 Å². The van der Waals surface area contributed by atoms with E-state index in [4.69, 9.17) is 8.94 Å². The Morgan fingerprint density at radius 1 is 1.08 bits per heavy atom. The topological polar surface area (TPSA) is 88.5 Å². The first-order valence-corrected chi connectivity index (χ1v) is 8.24. The minimum atomic E-state index is -0.262. The van der Waals surface area contributed by atoms with E-state index in [2.05, 4.69) is 32.4 Å². The molecule has 1 amide bonds. The van der Waals surface area contributed by atoms with Gasteiger partial charge in [-0.25, -0.2) is 0 Å². The van der Waals surface area contributed by atoms with Gasteiger partial charge in [-0.15, -0.1) is 10.2 Å². The standard InChI is InChI=1S/C18H21N5O3/c1-13-19-20-17(25-13)12-23(3)18(24)16-9-15(26-21-16)11-22(2)10-14-7-5-4-6-8-14/h4-9H,10-12H2,1-3H3. The zero-order valence-electron chi connectivity index (χ0n) is 15.0. The summed E-state index contributed by atoms with van der Waals surface area (Å²) in [6.07, 6.45) is 0. The predicted molar refractivity (Wildman–Crippen MR) is 92.9 cm³/mol. The number of carbonyl (C=O) groups excluding carboxylic acids is 1. The highest BCUT2D eigenvalue weighted by molar-refractivity contribution is 5.91. The van der Waals surface area contributed by atoms with Gasteiger partial charge in [-0.2, -0.15) is 0 Å². The maximum absolute atomic E-state index is 12.4. The Labute approximate surface area is 151 Å². The van der Waals surface area contributed by atoms with E-state index >= 15 is 0 Å². The third-order valence-electron chi connectivity index (χ3n) is 3.79. The Morgan fingerprint density at radius 2 is 1.85 bits per heavy atom. The van der Waals surface area contributed by atoms with Crippen LogP contribution >= 0.6 is 0 Å².